The molecule has 126 valence electrons. The van der Waals surface area contributed by atoms with E-state index < -0.39 is 6.10 Å². The highest BCUT2D eigenvalue weighted by Crippen LogP contribution is 2.20. The van der Waals surface area contributed by atoms with Gasteiger partial charge in [-0.05, 0) is 30.7 Å². The van der Waals surface area contributed by atoms with Crippen LogP contribution in [-0.4, -0.2) is 43.2 Å². The quantitative estimate of drug-likeness (QED) is 0.513. The molecular weight excluding hydrogens is 348 g/mol. The van der Waals surface area contributed by atoms with E-state index in [2.05, 4.69) is 15.2 Å². The Hall–Kier alpha value is -1.83. The van der Waals surface area contributed by atoms with Crippen LogP contribution >= 0.6 is 23.4 Å². The number of halogens is 1. The zero-order chi connectivity index (χ0) is 16.9. The van der Waals surface area contributed by atoms with Gasteiger partial charge in [0, 0.05) is 22.5 Å². The van der Waals surface area contributed by atoms with Gasteiger partial charge in [-0.2, -0.15) is 0 Å². The average Bonchev–Trinajstić information content (AvgIpc) is 3.07. The number of aliphatic hydroxyl groups excluding tert-OH is 1. The molecule has 0 amide bonds. The number of fused-ring (bicyclic) bond motifs is 1. The van der Waals surface area contributed by atoms with Crippen molar-refractivity contribution in [2.24, 2.45) is 0 Å². The van der Waals surface area contributed by atoms with Crippen LogP contribution in [0.2, 0.25) is 5.02 Å². The Kier molecular flexibility index (Phi) is 5.55. The van der Waals surface area contributed by atoms with Crippen molar-refractivity contribution in [3.8, 4) is 5.75 Å². The van der Waals surface area contributed by atoms with Gasteiger partial charge in [0.1, 0.15) is 18.7 Å². The highest BCUT2D eigenvalue weighted by atomic mass is 35.5. The minimum absolute atomic E-state index is 0.202. The number of ether oxygens (including phenoxy) is 1. The Balaban J connectivity index is 1.58. The summed E-state index contributed by atoms with van der Waals surface area (Å²) in [5, 5.41) is 19.5. The number of aliphatic hydroxyl groups is 1. The van der Waals surface area contributed by atoms with Crippen molar-refractivity contribution in [1.29, 1.82) is 0 Å². The first-order valence-corrected chi connectivity index (χ1v) is 8.91. The lowest BCUT2D eigenvalue weighted by Gasteiger charge is -2.12. The minimum atomic E-state index is -0.621. The van der Waals surface area contributed by atoms with Crippen LogP contribution in [0.5, 0.6) is 5.75 Å². The van der Waals surface area contributed by atoms with Gasteiger partial charge in [-0.1, -0.05) is 30.3 Å². The third-order valence-electron chi connectivity index (χ3n) is 3.34. The summed E-state index contributed by atoms with van der Waals surface area (Å²) in [5.74, 6) is 1.14. The zero-order valence-electron chi connectivity index (χ0n) is 13.1. The number of hydrogen-bond acceptors (Lipinski definition) is 6. The number of nitrogens with zero attached hydrogens (tertiary/aromatic N) is 4. The molecule has 1 unspecified atom stereocenters. The molecule has 0 aliphatic heterocycles. The number of aryl methyl sites for hydroxylation is 1. The third-order valence-corrected chi connectivity index (χ3v) is 4.69. The molecule has 0 aliphatic carbocycles. The van der Waals surface area contributed by atoms with Crippen molar-refractivity contribution in [2.45, 2.75) is 24.6 Å². The van der Waals surface area contributed by atoms with E-state index in [1.165, 1.54) is 11.8 Å². The molecule has 1 atom stereocenters. The Morgan fingerprint density at radius 3 is 2.88 bits per heavy atom. The van der Waals surface area contributed by atoms with Gasteiger partial charge in [0.25, 0.3) is 0 Å². The standard InChI is InChI=1S/C16H17ClN4O2S/c1-2-12-7-15-20-18-10-21(15)16(19-12)24-9-13(22)8-23-14-5-3-11(17)4-6-14/h3-7,10,13,22H,2,8-9H2,1H3. The fourth-order valence-electron chi connectivity index (χ4n) is 2.07. The van der Waals surface area contributed by atoms with Crippen LogP contribution in [-0.2, 0) is 6.42 Å². The van der Waals surface area contributed by atoms with Gasteiger partial charge in [0.2, 0.25) is 0 Å². The molecule has 1 N–H and O–H groups in total. The predicted molar refractivity (Wildman–Crippen MR) is 93.8 cm³/mol. The lowest BCUT2D eigenvalue weighted by molar-refractivity contribution is 0.126. The fraction of sp³-hybridized carbons (Fsp3) is 0.312. The van der Waals surface area contributed by atoms with Crippen molar-refractivity contribution >= 4 is 29.0 Å². The smallest absolute Gasteiger partial charge is 0.175 e. The first-order chi connectivity index (χ1) is 11.7. The highest BCUT2D eigenvalue weighted by Gasteiger charge is 2.11. The van der Waals surface area contributed by atoms with Crippen LogP contribution in [0.4, 0.5) is 0 Å². The van der Waals surface area contributed by atoms with E-state index in [1.807, 2.05) is 17.4 Å². The summed E-state index contributed by atoms with van der Waals surface area (Å²) in [7, 11) is 0. The number of benzene rings is 1. The number of hydrogen-bond donors (Lipinski definition) is 1. The van der Waals surface area contributed by atoms with Crippen molar-refractivity contribution in [2.75, 3.05) is 12.4 Å². The monoisotopic (exact) mass is 364 g/mol. The maximum Gasteiger partial charge on any atom is 0.175 e. The zero-order valence-corrected chi connectivity index (χ0v) is 14.7. The van der Waals surface area contributed by atoms with E-state index in [-0.39, 0.29) is 6.61 Å². The summed E-state index contributed by atoms with van der Waals surface area (Å²) in [6.07, 6.45) is 1.82. The van der Waals surface area contributed by atoms with Gasteiger partial charge >= 0.3 is 0 Å². The number of rotatable bonds is 7. The molecule has 0 radical (unpaired) electrons. The predicted octanol–water partition coefficient (Wildman–Crippen LogP) is 2.87. The molecule has 2 aromatic heterocycles. The topological polar surface area (TPSA) is 72.5 Å². The van der Waals surface area contributed by atoms with Gasteiger partial charge in [0.15, 0.2) is 10.8 Å². The van der Waals surface area contributed by atoms with Crippen LogP contribution in [0.25, 0.3) is 5.65 Å². The van der Waals surface area contributed by atoms with E-state index in [0.29, 0.717) is 16.5 Å². The summed E-state index contributed by atoms with van der Waals surface area (Å²) in [5.41, 5.74) is 1.71. The SMILES string of the molecule is CCc1cc2nncn2c(SCC(O)COc2ccc(Cl)cc2)n1. The lowest BCUT2D eigenvalue weighted by atomic mass is 10.3. The van der Waals surface area contributed by atoms with Gasteiger partial charge < -0.3 is 9.84 Å². The fourth-order valence-corrected chi connectivity index (χ4v) is 3.10. The van der Waals surface area contributed by atoms with Gasteiger partial charge in [0.05, 0.1) is 6.10 Å². The molecule has 3 rings (SSSR count). The van der Waals surface area contributed by atoms with Crippen molar-refractivity contribution in [3.05, 3.63) is 47.4 Å². The van der Waals surface area contributed by atoms with Crippen LogP contribution in [0.1, 0.15) is 12.6 Å². The van der Waals surface area contributed by atoms with E-state index in [4.69, 9.17) is 16.3 Å². The van der Waals surface area contributed by atoms with E-state index in [1.54, 1.807) is 30.6 Å². The van der Waals surface area contributed by atoms with E-state index in [9.17, 15) is 5.11 Å². The Labute approximate surface area is 148 Å². The van der Waals surface area contributed by atoms with Gasteiger partial charge in [-0.15, -0.1) is 10.2 Å². The van der Waals surface area contributed by atoms with Crippen LogP contribution in [0, 0.1) is 0 Å². The molecule has 0 saturated heterocycles. The summed E-state index contributed by atoms with van der Waals surface area (Å²) in [6.45, 7) is 2.24. The number of aromatic nitrogens is 4. The van der Waals surface area contributed by atoms with Crippen molar-refractivity contribution < 1.29 is 9.84 Å². The normalized spacial score (nSPS) is 12.5. The molecule has 0 fully saturated rings. The molecule has 0 bridgehead atoms. The molecule has 8 heteroatoms. The Morgan fingerprint density at radius 1 is 1.33 bits per heavy atom. The lowest BCUT2D eigenvalue weighted by Crippen LogP contribution is -2.20. The Bertz CT molecular complexity index is 809. The summed E-state index contributed by atoms with van der Waals surface area (Å²) in [6, 6.07) is 8.96. The molecule has 2 heterocycles. The molecule has 3 aromatic rings. The molecule has 0 spiro atoms. The van der Waals surface area contributed by atoms with E-state index >= 15 is 0 Å². The van der Waals surface area contributed by atoms with Crippen LogP contribution in [0.15, 0.2) is 41.8 Å². The van der Waals surface area contributed by atoms with Crippen molar-refractivity contribution in [1.82, 2.24) is 19.6 Å². The van der Waals surface area contributed by atoms with Crippen LogP contribution < -0.4 is 4.74 Å². The summed E-state index contributed by atoms with van der Waals surface area (Å²) >= 11 is 7.28. The van der Waals surface area contributed by atoms with Gasteiger partial charge in [-0.25, -0.2) is 4.98 Å². The van der Waals surface area contributed by atoms with Crippen molar-refractivity contribution in [3.63, 3.8) is 0 Å². The average molecular weight is 365 g/mol. The van der Waals surface area contributed by atoms with Gasteiger partial charge in [-0.3, -0.25) is 4.40 Å². The first-order valence-electron chi connectivity index (χ1n) is 7.54. The number of thioether (sulfide) groups is 1. The highest BCUT2D eigenvalue weighted by molar-refractivity contribution is 7.99. The third kappa shape index (κ3) is 4.17. The summed E-state index contributed by atoms with van der Waals surface area (Å²) < 4.78 is 7.37. The molecule has 1 aromatic carbocycles. The second-order valence-corrected chi connectivity index (χ2v) is 6.60. The summed E-state index contributed by atoms with van der Waals surface area (Å²) in [4.78, 5) is 4.57. The Morgan fingerprint density at radius 2 is 2.12 bits per heavy atom. The molecule has 0 aliphatic rings. The second-order valence-electron chi connectivity index (χ2n) is 5.17. The largest absolute Gasteiger partial charge is 0.491 e. The maximum atomic E-state index is 10.1. The second kappa shape index (κ2) is 7.83. The van der Waals surface area contributed by atoms with E-state index in [0.717, 1.165) is 22.9 Å². The maximum absolute atomic E-state index is 10.1. The minimum Gasteiger partial charge on any atom is -0.491 e. The molecule has 24 heavy (non-hydrogen) atoms. The molecule has 6 nitrogen and oxygen atoms in total. The van der Waals surface area contributed by atoms with Crippen LogP contribution in [0.3, 0.4) is 0 Å². The molecular formula is C16H17ClN4O2S. The molecule has 0 saturated carbocycles. The first kappa shape index (κ1) is 17.0.